The number of hydrogen-bond acceptors (Lipinski definition) is 3. The molecule has 2 aromatic carbocycles. The molecule has 1 unspecified atom stereocenters. The van der Waals surface area contributed by atoms with E-state index in [1.165, 1.54) is 6.07 Å². The molecular weight excluding hydrogens is 271 g/mol. The van der Waals surface area contributed by atoms with Crippen LogP contribution in [-0.4, -0.2) is 17.6 Å². The van der Waals surface area contributed by atoms with Crippen molar-refractivity contribution in [3.05, 3.63) is 59.4 Å². The van der Waals surface area contributed by atoms with Gasteiger partial charge in [-0.1, -0.05) is 37.3 Å². The van der Waals surface area contributed by atoms with Crippen LogP contribution in [0.15, 0.2) is 42.5 Å². The van der Waals surface area contributed by atoms with Gasteiger partial charge in [-0.15, -0.1) is 0 Å². The molecule has 0 spiro atoms. The molecule has 0 saturated carbocycles. The number of aromatic carboxylic acids is 1. The Kier molecular flexibility index (Phi) is 4.42. The SMILES string of the molecule is CC(CNc1cc(C(=O)O)c(N)cc1F)c1ccccc1. The number of hydrogen-bond donors (Lipinski definition) is 3. The molecule has 5 heteroatoms. The summed E-state index contributed by atoms with van der Waals surface area (Å²) < 4.78 is 13.8. The minimum atomic E-state index is -1.17. The van der Waals surface area contributed by atoms with Gasteiger partial charge in [0.25, 0.3) is 0 Å². The number of benzene rings is 2. The molecule has 0 amide bonds. The lowest BCUT2D eigenvalue weighted by atomic mass is 10.0. The van der Waals surface area contributed by atoms with Crippen molar-refractivity contribution in [1.82, 2.24) is 0 Å². The third-order valence-electron chi connectivity index (χ3n) is 3.34. The van der Waals surface area contributed by atoms with Crippen LogP contribution in [0.25, 0.3) is 0 Å². The second-order valence-corrected chi connectivity index (χ2v) is 4.92. The van der Waals surface area contributed by atoms with Crippen molar-refractivity contribution in [3.8, 4) is 0 Å². The monoisotopic (exact) mass is 288 g/mol. The van der Waals surface area contributed by atoms with Crippen LogP contribution in [0.2, 0.25) is 0 Å². The van der Waals surface area contributed by atoms with Crippen LogP contribution in [-0.2, 0) is 0 Å². The van der Waals surface area contributed by atoms with E-state index in [1.807, 2.05) is 37.3 Å². The maximum absolute atomic E-state index is 13.8. The number of carboxylic acids is 1. The van der Waals surface area contributed by atoms with Crippen molar-refractivity contribution in [2.45, 2.75) is 12.8 Å². The highest BCUT2D eigenvalue weighted by molar-refractivity contribution is 5.94. The predicted molar refractivity (Wildman–Crippen MR) is 81.1 cm³/mol. The summed E-state index contributed by atoms with van der Waals surface area (Å²) in [5.41, 5.74) is 6.57. The molecule has 4 nitrogen and oxygen atoms in total. The standard InChI is InChI=1S/C16H17FN2O2/c1-10(11-5-3-2-4-6-11)9-19-15-7-12(16(20)21)14(18)8-13(15)17/h2-8,10,19H,9,18H2,1H3,(H,20,21). The van der Waals surface area contributed by atoms with Crippen molar-refractivity contribution in [1.29, 1.82) is 0 Å². The molecule has 1 atom stereocenters. The Labute approximate surface area is 122 Å². The zero-order valence-corrected chi connectivity index (χ0v) is 11.6. The Hall–Kier alpha value is -2.56. The van der Waals surface area contributed by atoms with E-state index in [2.05, 4.69) is 5.32 Å². The molecule has 2 aromatic rings. The van der Waals surface area contributed by atoms with Crippen LogP contribution in [0.4, 0.5) is 15.8 Å². The molecule has 21 heavy (non-hydrogen) atoms. The lowest BCUT2D eigenvalue weighted by Gasteiger charge is -2.15. The van der Waals surface area contributed by atoms with Gasteiger partial charge < -0.3 is 16.2 Å². The van der Waals surface area contributed by atoms with E-state index in [1.54, 1.807) is 0 Å². The van der Waals surface area contributed by atoms with E-state index in [9.17, 15) is 9.18 Å². The maximum Gasteiger partial charge on any atom is 0.337 e. The minimum Gasteiger partial charge on any atom is -0.478 e. The first-order valence-corrected chi connectivity index (χ1v) is 6.60. The van der Waals surface area contributed by atoms with Gasteiger partial charge in [-0.25, -0.2) is 9.18 Å². The summed E-state index contributed by atoms with van der Waals surface area (Å²) in [6.07, 6.45) is 0. The second-order valence-electron chi connectivity index (χ2n) is 4.92. The maximum atomic E-state index is 13.8. The highest BCUT2D eigenvalue weighted by Gasteiger charge is 2.14. The van der Waals surface area contributed by atoms with E-state index < -0.39 is 11.8 Å². The zero-order chi connectivity index (χ0) is 15.4. The number of nitrogens with two attached hydrogens (primary N) is 1. The highest BCUT2D eigenvalue weighted by atomic mass is 19.1. The molecule has 2 rings (SSSR count). The van der Waals surface area contributed by atoms with Crippen molar-refractivity contribution in [2.24, 2.45) is 0 Å². The number of anilines is 2. The number of rotatable bonds is 5. The first-order valence-electron chi connectivity index (χ1n) is 6.60. The van der Waals surface area contributed by atoms with Crippen LogP contribution in [0.3, 0.4) is 0 Å². The molecule has 0 bridgehead atoms. The molecule has 0 aliphatic carbocycles. The summed E-state index contributed by atoms with van der Waals surface area (Å²) >= 11 is 0. The van der Waals surface area contributed by atoms with E-state index in [0.29, 0.717) is 6.54 Å². The molecule has 0 saturated heterocycles. The van der Waals surface area contributed by atoms with E-state index >= 15 is 0 Å². The van der Waals surface area contributed by atoms with Crippen molar-refractivity contribution < 1.29 is 14.3 Å². The molecule has 0 aliphatic heterocycles. The normalized spacial score (nSPS) is 11.9. The zero-order valence-electron chi connectivity index (χ0n) is 11.6. The largest absolute Gasteiger partial charge is 0.478 e. The Bertz CT molecular complexity index is 644. The number of halogens is 1. The first kappa shape index (κ1) is 14.8. The first-order chi connectivity index (χ1) is 9.99. The smallest absolute Gasteiger partial charge is 0.337 e. The van der Waals surface area contributed by atoms with Gasteiger partial charge in [0.2, 0.25) is 0 Å². The second kappa shape index (κ2) is 6.26. The number of nitrogens with one attached hydrogen (secondary N) is 1. The molecule has 0 heterocycles. The van der Waals surface area contributed by atoms with Gasteiger partial charge in [-0.2, -0.15) is 0 Å². The third kappa shape index (κ3) is 3.51. The Morgan fingerprint density at radius 2 is 2.00 bits per heavy atom. The summed E-state index contributed by atoms with van der Waals surface area (Å²) in [6.45, 7) is 2.50. The quantitative estimate of drug-likeness (QED) is 0.738. The van der Waals surface area contributed by atoms with Gasteiger partial charge in [0.05, 0.1) is 11.3 Å². The minimum absolute atomic E-state index is 0.0818. The third-order valence-corrected chi connectivity index (χ3v) is 3.34. The molecule has 0 aromatic heterocycles. The van der Waals surface area contributed by atoms with Gasteiger partial charge in [0.1, 0.15) is 5.82 Å². The van der Waals surface area contributed by atoms with Crippen molar-refractivity contribution >= 4 is 17.3 Å². The number of carboxylic acid groups (broad SMARTS) is 1. The molecule has 4 N–H and O–H groups in total. The fraction of sp³-hybridized carbons (Fsp3) is 0.188. The Morgan fingerprint density at radius 3 is 2.62 bits per heavy atom. The van der Waals surface area contributed by atoms with Gasteiger partial charge in [0, 0.05) is 12.2 Å². The Morgan fingerprint density at radius 1 is 1.33 bits per heavy atom. The summed E-state index contributed by atoms with van der Waals surface area (Å²) in [4.78, 5) is 11.0. The Balaban J connectivity index is 2.13. The number of nitrogen functional groups attached to an aromatic ring is 1. The molecule has 110 valence electrons. The van der Waals surface area contributed by atoms with E-state index in [0.717, 1.165) is 11.6 Å². The summed E-state index contributed by atoms with van der Waals surface area (Å²) in [5.74, 6) is -1.57. The number of carbonyl (C=O) groups is 1. The van der Waals surface area contributed by atoms with Gasteiger partial charge >= 0.3 is 5.97 Å². The van der Waals surface area contributed by atoms with Crippen LogP contribution in [0.1, 0.15) is 28.8 Å². The van der Waals surface area contributed by atoms with Gasteiger partial charge in [-0.05, 0) is 23.6 Å². The van der Waals surface area contributed by atoms with Crippen molar-refractivity contribution in [3.63, 3.8) is 0 Å². The van der Waals surface area contributed by atoms with Crippen LogP contribution in [0, 0.1) is 5.82 Å². The van der Waals surface area contributed by atoms with Gasteiger partial charge in [0.15, 0.2) is 0 Å². The molecule has 0 aliphatic rings. The highest BCUT2D eigenvalue weighted by Crippen LogP contribution is 2.23. The van der Waals surface area contributed by atoms with E-state index in [4.69, 9.17) is 10.8 Å². The average molecular weight is 288 g/mol. The molecule has 0 fully saturated rings. The van der Waals surface area contributed by atoms with Crippen LogP contribution in [0.5, 0.6) is 0 Å². The van der Waals surface area contributed by atoms with Crippen molar-refractivity contribution in [2.75, 3.05) is 17.6 Å². The van der Waals surface area contributed by atoms with Gasteiger partial charge in [-0.3, -0.25) is 0 Å². The average Bonchev–Trinajstić information content (AvgIpc) is 2.46. The fourth-order valence-electron chi connectivity index (χ4n) is 2.07. The summed E-state index contributed by atoms with van der Waals surface area (Å²) in [7, 11) is 0. The topological polar surface area (TPSA) is 75.3 Å². The van der Waals surface area contributed by atoms with E-state index in [-0.39, 0.29) is 22.9 Å². The summed E-state index contributed by atoms with van der Waals surface area (Å²) in [5, 5.41) is 11.9. The lowest BCUT2D eigenvalue weighted by Crippen LogP contribution is -2.12. The fourth-order valence-corrected chi connectivity index (χ4v) is 2.07. The molecule has 0 radical (unpaired) electrons. The predicted octanol–water partition coefficient (Wildman–Crippen LogP) is 3.32. The van der Waals surface area contributed by atoms with Crippen LogP contribution >= 0.6 is 0 Å². The molecular formula is C16H17FN2O2. The lowest BCUT2D eigenvalue weighted by molar-refractivity contribution is 0.0698. The van der Waals surface area contributed by atoms with Crippen LogP contribution < -0.4 is 11.1 Å². The summed E-state index contributed by atoms with van der Waals surface area (Å²) in [6, 6.07) is 12.1.